The topological polar surface area (TPSA) is 109 Å². The molecule has 0 aromatic carbocycles. The first-order chi connectivity index (χ1) is 13.1. The lowest BCUT2D eigenvalue weighted by atomic mass is 10.2. The third kappa shape index (κ3) is 3.03. The van der Waals surface area contributed by atoms with E-state index in [0.29, 0.717) is 42.8 Å². The van der Waals surface area contributed by atoms with Crippen LogP contribution in [0.1, 0.15) is 41.4 Å². The van der Waals surface area contributed by atoms with Gasteiger partial charge in [-0.15, -0.1) is 0 Å². The maximum absolute atomic E-state index is 12.7. The molecule has 3 aromatic heterocycles. The minimum absolute atomic E-state index is 0.208. The summed E-state index contributed by atoms with van der Waals surface area (Å²) in [5, 5.41) is 17.8. The molecule has 9 nitrogen and oxygen atoms in total. The fourth-order valence-corrected chi connectivity index (χ4v) is 3.47. The number of nitrogens with zero attached hydrogens (tertiary/aromatic N) is 5. The predicted molar refractivity (Wildman–Crippen MR) is 97.8 cm³/mol. The number of aromatic nitrogens is 4. The van der Waals surface area contributed by atoms with Gasteiger partial charge >= 0.3 is 0 Å². The van der Waals surface area contributed by atoms with Crippen molar-refractivity contribution in [3.8, 4) is 0 Å². The van der Waals surface area contributed by atoms with Crippen LogP contribution in [0.5, 0.6) is 0 Å². The van der Waals surface area contributed by atoms with E-state index >= 15 is 0 Å². The molecule has 2 N–H and O–H groups in total. The number of aryl methyl sites for hydroxylation is 1. The van der Waals surface area contributed by atoms with Gasteiger partial charge in [0.2, 0.25) is 0 Å². The first-order valence-electron chi connectivity index (χ1n) is 9.11. The number of aliphatic hydroxyl groups excluding tert-OH is 1. The van der Waals surface area contributed by atoms with E-state index in [4.69, 9.17) is 4.42 Å². The van der Waals surface area contributed by atoms with Crippen molar-refractivity contribution in [3.63, 3.8) is 0 Å². The van der Waals surface area contributed by atoms with Crippen molar-refractivity contribution in [2.24, 2.45) is 7.05 Å². The van der Waals surface area contributed by atoms with E-state index in [1.807, 2.05) is 24.2 Å². The Hall–Kier alpha value is -2.94. The highest BCUT2D eigenvalue weighted by molar-refractivity contribution is 6.04. The molecule has 1 atom stereocenters. The second-order valence-corrected chi connectivity index (χ2v) is 7.27. The molecule has 2 fully saturated rings. The van der Waals surface area contributed by atoms with Gasteiger partial charge in [0.05, 0.1) is 17.5 Å². The number of hydrogen-bond acceptors (Lipinski definition) is 7. The largest absolute Gasteiger partial charge is 0.431 e. The first-order valence-corrected chi connectivity index (χ1v) is 9.11. The maximum atomic E-state index is 12.7. The van der Waals surface area contributed by atoms with Gasteiger partial charge in [-0.2, -0.15) is 10.1 Å². The number of pyridine rings is 1. The number of rotatable bonds is 4. The Kier molecular flexibility index (Phi) is 3.64. The molecule has 27 heavy (non-hydrogen) atoms. The summed E-state index contributed by atoms with van der Waals surface area (Å²) in [5.74, 6) is 0.0300. The smallest absolute Gasteiger partial charge is 0.298 e. The zero-order valence-corrected chi connectivity index (χ0v) is 14.9. The predicted octanol–water partition coefficient (Wildman–Crippen LogP) is 1.66. The van der Waals surface area contributed by atoms with Gasteiger partial charge in [-0.3, -0.25) is 9.48 Å². The number of nitrogens with one attached hydrogen (secondary N) is 1. The van der Waals surface area contributed by atoms with E-state index in [2.05, 4.69) is 20.4 Å². The molecule has 140 valence electrons. The Morgan fingerprint density at radius 3 is 2.93 bits per heavy atom. The summed E-state index contributed by atoms with van der Waals surface area (Å²) in [6.45, 7) is 1.13. The molecule has 1 saturated carbocycles. The molecule has 9 heteroatoms. The number of β-amino-alcohol motifs (C(OH)–C–C–N with tert-alkyl or cyclic N) is 1. The van der Waals surface area contributed by atoms with Crippen LogP contribution in [0.2, 0.25) is 0 Å². The second kappa shape index (κ2) is 6.05. The molecule has 4 heterocycles. The van der Waals surface area contributed by atoms with Crippen LogP contribution in [-0.4, -0.2) is 50.0 Å². The summed E-state index contributed by atoms with van der Waals surface area (Å²) in [6, 6.07) is 2.28. The molecule has 0 bridgehead atoms. The lowest BCUT2D eigenvalue weighted by Crippen LogP contribution is -2.22. The third-order valence-corrected chi connectivity index (χ3v) is 5.01. The van der Waals surface area contributed by atoms with Crippen LogP contribution >= 0.6 is 0 Å². The lowest BCUT2D eigenvalue weighted by Gasteiger charge is -2.11. The summed E-state index contributed by atoms with van der Waals surface area (Å²) >= 11 is 0. The number of aliphatic hydroxyl groups is 1. The zero-order valence-electron chi connectivity index (χ0n) is 14.9. The highest BCUT2D eigenvalue weighted by Gasteiger charge is 2.30. The van der Waals surface area contributed by atoms with Gasteiger partial charge in [-0.25, -0.2) is 4.98 Å². The SMILES string of the molecule is Cn1cc2cc(NC(=O)c3coc(N4CCC(O)C4)n3)c(C3CC3)nc2n1. The van der Waals surface area contributed by atoms with Gasteiger partial charge in [0.15, 0.2) is 11.3 Å². The van der Waals surface area contributed by atoms with Crippen molar-refractivity contribution in [2.45, 2.75) is 31.3 Å². The van der Waals surface area contributed by atoms with Crippen LogP contribution in [0, 0.1) is 0 Å². The molecule has 1 saturated heterocycles. The maximum Gasteiger partial charge on any atom is 0.298 e. The van der Waals surface area contributed by atoms with Crippen molar-refractivity contribution in [1.82, 2.24) is 19.7 Å². The molecule has 1 unspecified atom stereocenters. The first kappa shape index (κ1) is 16.2. The number of carbonyl (C=O) groups is 1. The molecular formula is C18H20N6O3. The van der Waals surface area contributed by atoms with E-state index in [1.54, 1.807) is 4.68 Å². The van der Waals surface area contributed by atoms with Gasteiger partial charge < -0.3 is 19.7 Å². The molecule has 0 spiro atoms. The van der Waals surface area contributed by atoms with Crippen LogP contribution in [0.4, 0.5) is 11.7 Å². The van der Waals surface area contributed by atoms with Crippen molar-refractivity contribution >= 4 is 28.6 Å². The normalized spacial score (nSPS) is 19.8. The van der Waals surface area contributed by atoms with E-state index < -0.39 is 0 Å². The Morgan fingerprint density at radius 2 is 2.19 bits per heavy atom. The average molecular weight is 368 g/mol. The van der Waals surface area contributed by atoms with E-state index in [1.165, 1.54) is 6.26 Å². The fourth-order valence-electron chi connectivity index (χ4n) is 3.47. The molecule has 3 aromatic rings. The standard InChI is InChI=1S/C18H20N6O3/c1-23-7-11-6-13(15(10-2-3-10)21-16(11)22-23)19-17(26)14-9-27-18(20-14)24-5-4-12(25)8-24/h6-7,9-10,12,25H,2-5,8H2,1H3,(H,19,26). The summed E-state index contributed by atoms with van der Waals surface area (Å²) in [5.41, 5.74) is 2.47. The molecule has 1 aliphatic carbocycles. The summed E-state index contributed by atoms with van der Waals surface area (Å²) in [6.07, 6.45) is 5.65. The van der Waals surface area contributed by atoms with Crippen LogP contribution < -0.4 is 10.2 Å². The summed E-state index contributed by atoms with van der Waals surface area (Å²) < 4.78 is 7.15. The van der Waals surface area contributed by atoms with Gasteiger partial charge in [-0.1, -0.05) is 0 Å². The van der Waals surface area contributed by atoms with E-state index in [-0.39, 0.29) is 17.7 Å². The van der Waals surface area contributed by atoms with Crippen molar-refractivity contribution in [2.75, 3.05) is 23.3 Å². The van der Waals surface area contributed by atoms with Crippen LogP contribution in [0.15, 0.2) is 22.9 Å². The summed E-state index contributed by atoms with van der Waals surface area (Å²) in [4.78, 5) is 23.5. The van der Waals surface area contributed by atoms with Crippen molar-refractivity contribution in [1.29, 1.82) is 0 Å². The number of amides is 1. The second-order valence-electron chi connectivity index (χ2n) is 7.27. The highest BCUT2D eigenvalue weighted by atomic mass is 16.4. The lowest BCUT2D eigenvalue weighted by molar-refractivity contribution is 0.102. The molecular weight excluding hydrogens is 348 g/mol. The molecule has 1 amide bonds. The minimum Gasteiger partial charge on any atom is -0.431 e. The minimum atomic E-state index is -0.382. The van der Waals surface area contributed by atoms with Crippen molar-refractivity contribution < 1.29 is 14.3 Å². The zero-order chi connectivity index (χ0) is 18.5. The molecule has 2 aliphatic rings. The quantitative estimate of drug-likeness (QED) is 0.721. The molecule has 5 rings (SSSR count). The van der Waals surface area contributed by atoms with Crippen LogP contribution in [0.3, 0.4) is 0 Å². The Bertz CT molecular complexity index is 1020. The number of hydrogen-bond donors (Lipinski definition) is 2. The Balaban J connectivity index is 1.40. The molecule has 1 aliphatic heterocycles. The van der Waals surface area contributed by atoms with Gasteiger partial charge in [0.25, 0.3) is 11.9 Å². The monoisotopic (exact) mass is 368 g/mol. The highest BCUT2D eigenvalue weighted by Crippen LogP contribution is 2.43. The van der Waals surface area contributed by atoms with Gasteiger partial charge in [-0.05, 0) is 25.3 Å². The Morgan fingerprint density at radius 1 is 1.33 bits per heavy atom. The third-order valence-electron chi connectivity index (χ3n) is 5.01. The number of oxazole rings is 1. The molecule has 0 radical (unpaired) electrons. The average Bonchev–Trinajstić information content (AvgIpc) is 3.03. The van der Waals surface area contributed by atoms with Gasteiger partial charge in [0, 0.05) is 37.6 Å². The van der Waals surface area contributed by atoms with Gasteiger partial charge in [0.1, 0.15) is 6.26 Å². The van der Waals surface area contributed by atoms with Crippen LogP contribution in [0.25, 0.3) is 11.0 Å². The fraction of sp³-hybridized carbons (Fsp3) is 0.444. The Labute approximate surface area is 155 Å². The number of anilines is 2. The number of carbonyl (C=O) groups excluding carboxylic acids is 1. The summed E-state index contributed by atoms with van der Waals surface area (Å²) in [7, 11) is 1.85. The van der Waals surface area contributed by atoms with E-state index in [9.17, 15) is 9.90 Å². The number of fused-ring (bicyclic) bond motifs is 1. The van der Waals surface area contributed by atoms with Crippen molar-refractivity contribution in [3.05, 3.63) is 29.9 Å². The van der Waals surface area contributed by atoms with E-state index in [0.717, 1.165) is 23.9 Å². The van der Waals surface area contributed by atoms with Crippen LogP contribution in [-0.2, 0) is 7.05 Å².